The van der Waals surface area contributed by atoms with Gasteiger partial charge in [-0.15, -0.1) is 0 Å². The maximum Gasteiger partial charge on any atom is 0.172 e. The fourth-order valence-corrected chi connectivity index (χ4v) is 2.50. The second kappa shape index (κ2) is 6.95. The predicted octanol–water partition coefficient (Wildman–Crippen LogP) is 6.89. The number of rotatable bonds is 4. The fourth-order valence-electron chi connectivity index (χ4n) is 2.14. The van der Waals surface area contributed by atoms with Gasteiger partial charge in [0.05, 0.1) is 0 Å². The van der Waals surface area contributed by atoms with Gasteiger partial charge in [-0.05, 0) is 55.0 Å². The maximum absolute atomic E-state index is 6.01. The van der Waals surface area contributed by atoms with Crippen molar-refractivity contribution in [3.63, 3.8) is 0 Å². The van der Waals surface area contributed by atoms with E-state index in [4.69, 9.17) is 32.7 Å². The van der Waals surface area contributed by atoms with Gasteiger partial charge in [0.2, 0.25) is 0 Å². The monoisotopic (exact) mass is 344 g/mol. The molecule has 2 nitrogen and oxygen atoms in total. The lowest BCUT2D eigenvalue weighted by atomic mass is 10.2. The highest BCUT2D eigenvalue weighted by Gasteiger charge is 2.11. The first-order valence-corrected chi connectivity index (χ1v) is 7.84. The van der Waals surface area contributed by atoms with Crippen LogP contribution >= 0.6 is 23.2 Å². The smallest absolute Gasteiger partial charge is 0.172 e. The maximum atomic E-state index is 6.01. The summed E-state index contributed by atoms with van der Waals surface area (Å²) in [4.78, 5) is 0. The van der Waals surface area contributed by atoms with Gasteiger partial charge in [0, 0.05) is 10.0 Å². The molecule has 0 aliphatic carbocycles. The van der Waals surface area contributed by atoms with Crippen molar-refractivity contribution in [3.8, 4) is 23.0 Å². The molecule has 23 heavy (non-hydrogen) atoms. The van der Waals surface area contributed by atoms with Crippen LogP contribution in [0.4, 0.5) is 0 Å². The van der Waals surface area contributed by atoms with E-state index < -0.39 is 0 Å². The average Bonchev–Trinajstić information content (AvgIpc) is 2.51. The summed E-state index contributed by atoms with van der Waals surface area (Å²) in [7, 11) is 0. The molecule has 0 aliphatic rings. The van der Waals surface area contributed by atoms with E-state index in [1.54, 1.807) is 24.3 Å². The molecule has 116 valence electrons. The summed E-state index contributed by atoms with van der Waals surface area (Å²) in [6.45, 7) is 1.96. The van der Waals surface area contributed by atoms with Gasteiger partial charge < -0.3 is 9.47 Å². The number of benzene rings is 3. The van der Waals surface area contributed by atoms with Crippen LogP contribution in [0.5, 0.6) is 23.0 Å². The highest BCUT2D eigenvalue weighted by molar-refractivity contribution is 6.31. The van der Waals surface area contributed by atoms with Crippen LogP contribution in [0.15, 0.2) is 66.7 Å². The Labute approximate surface area is 145 Å². The normalized spacial score (nSPS) is 10.4. The van der Waals surface area contributed by atoms with E-state index in [2.05, 4.69) is 0 Å². The predicted molar refractivity (Wildman–Crippen MR) is 94.2 cm³/mol. The Hall–Kier alpha value is -2.16. The van der Waals surface area contributed by atoms with Crippen LogP contribution in [-0.2, 0) is 0 Å². The highest BCUT2D eigenvalue weighted by Crippen LogP contribution is 2.38. The van der Waals surface area contributed by atoms with Crippen molar-refractivity contribution in [3.05, 3.63) is 82.3 Å². The fraction of sp³-hybridized carbons (Fsp3) is 0.0526. The van der Waals surface area contributed by atoms with Crippen molar-refractivity contribution < 1.29 is 9.47 Å². The minimum atomic E-state index is 0.618. The number of halogens is 2. The molecule has 0 aliphatic heterocycles. The zero-order valence-corrected chi connectivity index (χ0v) is 13.9. The van der Waals surface area contributed by atoms with Crippen LogP contribution < -0.4 is 9.47 Å². The molecule has 0 fully saturated rings. The summed E-state index contributed by atoms with van der Waals surface area (Å²) in [5.41, 5.74) is 0.963. The molecule has 0 saturated heterocycles. The summed E-state index contributed by atoms with van der Waals surface area (Å²) >= 11 is 12.0. The van der Waals surface area contributed by atoms with Crippen molar-refractivity contribution in [2.24, 2.45) is 0 Å². The lowest BCUT2D eigenvalue weighted by Crippen LogP contribution is -1.93. The first-order valence-electron chi connectivity index (χ1n) is 7.08. The van der Waals surface area contributed by atoms with Crippen LogP contribution in [0.2, 0.25) is 10.0 Å². The molecule has 0 radical (unpaired) electrons. The SMILES string of the molecule is Cc1cccc(Oc2cccc(Cl)c2)c1Oc1cccc(Cl)c1. The Bertz CT molecular complexity index is 831. The van der Waals surface area contributed by atoms with Gasteiger partial charge in [0.25, 0.3) is 0 Å². The molecular weight excluding hydrogens is 331 g/mol. The molecule has 0 saturated carbocycles. The van der Waals surface area contributed by atoms with Crippen molar-refractivity contribution >= 4 is 23.2 Å². The van der Waals surface area contributed by atoms with Crippen LogP contribution in [-0.4, -0.2) is 0 Å². The summed E-state index contributed by atoms with van der Waals surface area (Å²) in [5.74, 6) is 2.57. The minimum Gasteiger partial charge on any atom is -0.453 e. The Morgan fingerprint density at radius 3 is 1.87 bits per heavy atom. The molecule has 3 aromatic rings. The van der Waals surface area contributed by atoms with E-state index in [9.17, 15) is 0 Å². The summed E-state index contributed by atoms with van der Waals surface area (Å²) < 4.78 is 11.9. The van der Waals surface area contributed by atoms with Gasteiger partial charge in [-0.2, -0.15) is 0 Å². The molecule has 0 bridgehead atoms. The first-order chi connectivity index (χ1) is 11.1. The topological polar surface area (TPSA) is 18.5 Å². The molecule has 3 aromatic carbocycles. The summed E-state index contributed by atoms with van der Waals surface area (Å²) in [6.07, 6.45) is 0. The molecule has 4 heteroatoms. The third-order valence-corrected chi connectivity index (χ3v) is 3.69. The largest absolute Gasteiger partial charge is 0.453 e. The molecule has 0 atom stereocenters. The minimum absolute atomic E-state index is 0.618. The number of ether oxygens (including phenoxy) is 2. The molecular formula is C19H14Cl2O2. The first kappa shape index (κ1) is 15.7. The van der Waals surface area contributed by atoms with Crippen LogP contribution in [0.3, 0.4) is 0 Å². The second-order valence-electron chi connectivity index (χ2n) is 5.02. The van der Waals surface area contributed by atoms with Crippen molar-refractivity contribution in [2.75, 3.05) is 0 Å². The third-order valence-electron chi connectivity index (χ3n) is 3.22. The second-order valence-corrected chi connectivity index (χ2v) is 5.89. The van der Waals surface area contributed by atoms with E-state index >= 15 is 0 Å². The van der Waals surface area contributed by atoms with E-state index in [0.29, 0.717) is 33.0 Å². The number of aryl methyl sites for hydroxylation is 1. The van der Waals surface area contributed by atoms with Crippen LogP contribution in [0.1, 0.15) is 5.56 Å². The standard InChI is InChI=1S/C19H14Cl2O2/c1-13-5-2-10-18(22-16-8-3-6-14(20)11-16)19(13)23-17-9-4-7-15(21)12-17/h2-12H,1H3. The lowest BCUT2D eigenvalue weighted by molar-refractivity contribution is 0.416. The van der Waals surface area contributed by atoms with Gasteiger partial charge >= 0.3 is 0 Å². The number of para-hydroxylation sites is 1. The Balaban J connectivity index is 1.93. The lowest BCUT2D eigenvalue weighted by Gasteiger charge is -2.14. The molecule has 0 aromatic heterocycles. The van der Waals surface area contributed by atoms with E-state index in [1.807, 2.05) is 49.4 Å². The van der Waals surface area contributed by atoms with Crippen molar-refractivity contribution in [2.45, 2.75) is 6.92 Å². The Kier molecular flexibility index (Phi) is 4.75. The zero-order valence-electron chi connectivity index (χ0n) is 12.4. The molecule has 0 spiro atoms. The third kappa shape index (κ3) is 3.98. The molecule has 3 rings (SSSR count). The zero-order chi connectivity index (χ0) is 16.2. The van der Waals surface area contributed by atoms with E-state index in [-0.39, 0.29) is 0 Å². The van der Waals surface area contributed by atoms with Crippen molar-refractivity contribution in [1.29, 1.82) is 0 Å². The number of hydrogen-bond donors (Lipinski definition) is 0. The Morgan fingerprint density at radius 2 is 1.26 bits per heavy atom. The molecule has 0 heterocycles. The quantitative estimate of drug-likeness (QED) is 0.513. The van der Waals surface area contributed by atoms with Gasteiger partial charge in [0.15, 0.2) is 11.5 Å². The summed E-state index contributed by atoms with van der Waals surface area (Å²) in [6, 6.07) is 20.2. The van der Waals surface area contributed by atoms with E-state index in [0.717, 1.165) is 5.56 Å². The van der Waals surface area contributed by atoms with Gasteiger partial charge in [-0.1, -0.05) is 47.5 Å². The summed E-state index contributed by atoms with van der Waals surface area (Å²) in [5, 5.41) is 1.24. The van der Waals surface area contributed by atoms with Gasteiger partial charge in [-0.3, -0.25) is 0 Å². The van der Waals surface area contributed by atoms with Crippen LogP contribution in [0, 0.1) is 6.92 Å². The highest BCUT2D eigenvalue weighted by atomic mass is 35.5. The van der Waals surface area contributed by atoms with Gasteiger partial charge in [0.1, 0.15) is 11.5 Å². The molecule has 0 N–H and O–H groups in total. The Morgan fingerprint density at radius 1 is 0.696 bits per heavy atom. The molecule has 0 unspecified atom stereocenters. The number of hydrogen-bond acceptors (Lipinski definition) is 2. The average molecular weight is 345 g/mol. The van der Waals surface area contributed by atoms with Gasteiger partial charge in [-0.25, -0.2) is 0 Å². The van der Waals surface area contributed by atoms with Crippen LogP contribution in [0.25, 0.3) is 0 Å². The molecule has 0 amide bonds. The van der Waals surface area contributed by atoms with E-state index in [1.165, 1.54) is 0 Å². The van der Waals surface area contributed by atoms with Crippen molar-refractivity contribution in [1.82, 2.24) is 0 Å².